The summed E-state index contributed by atoms with van der Waals surface area (Å²) in [7, 11) is 0. The molecule has 1 aromatic carbocycles. The minimum Gasteiger partial charge on any atom is -0.384 e. The maximum absolute atomic E-state index is 13.5. The summed E-state index contributed by atoms with van der Waals surface area (Å²) < 4.78 is 13.5. The molecule has 0 saturated heterocycles. The van der Waals surface area contributed by atoms with Crippen molar-refractivity contribution >= 4 is 28.8 Å². The molecule has 4 heteroatoms. The first-order valence-electron chi connectivity index (χ1n) is 3.96. The highest BCUT2D eigenvalue weighted by atomic mass is 32.1. The quantitative estimate of drug-likeness (QED) is 0.548. The van der Waals surface area contributed by atoms with Crippen LogP contribution in [-0.4, -0.2) is 11.7 Å². The van der Waals surface area contributed by atoms with Crippen molar-refractivity contribution < 1.29 is 4.39 Å². The molecule has 0 aromatic heterocycles. The van der Waals surface area contributed by atoms with E-state index in [4.69, 9.17) is 0 Å². The van der Waals surface area contributed by atoms with Gasteiger partial charge in [0.1, 0.15) is 5.69 Å². The van der Waals surface area contributed by atoms with Crippen LogP contribution in [0.5, 0.6) is 0 Å². The summed E-state index contributed by atoms with van der Waals surface area (Å²) >= 11 is 4.42. The molecule has 1 aromatic rings. The van der Waals surface area contributed by atoms with Crippen LogP contribution >= 0.6 is 12.2 Å². The predicted molar refractivity (Wildman–Crippen MR) is 53.3 cm³/mol. The molecule has 2 rings (SSSR count). The van der Waals surface area contributed by atoms with Crippen molar-refractivity contribution in [2.45, 2.75) is 6.42 Å². The van der Waals surface area contributed by atoms with Gasteiger partial charge in [0.2, 0.25) is 0 Å². The van der Waals surface area contributed by atoms with Crippen molar-refractivity contribution in [3.63, 3.8) is 0 Å². The van der Waals surface area contributed by atoms with Crippen LogP contribution in [0.25, 0.3) is 0 Å². The summed E-state index contributed by atoms with van der Waals surface area (Å²) in [6.07, 6.45) is 0.710. The van der Waals surface area contributed by atoms with Crippen LogP contribution in [0.3, 0.4) is 0 Å². The zero-order valence-electron chi connectivity index (χ0n) is 6.80. The number of hydrogen-bond donors (Lipinski definition) is 1. The lowest BCUT2D eigenvalue weighted by Crippen LogP contribution is -1.90. The smallest absolute Gasteiger partial charge is 0.154 e. The lowest BCUT2D eigenvalue weighted by molar-refractivity contribution is 0.618. The molecule has 0 spiro atoms. The van der Waals surface area contributed by atoms with Gasteiger partial charge in [0.15, 0.2) is 5.82 Å². The fourth-order valence-electron chi connectivity index (χ4n) is 1.48. The van der Waals surface area contributed by atoms with Gasteiger partial charge in [-0.25, -0.2) is 4.39 Å². The summed E-state index contributed by atoms with van der Waals surface area (Å²) in [5.74, 6) is -0.278. The Morgan fingerprint density at radius 3 is 3.15 bits per heavy atom. The van der Waals surface area contributed by atoms with E-state index >= 15 is 0 Å². The second kappa shape index (κ2) is 3.24. The first kappa shape index (κ1) is 8.35. The molecule has 2 nitrogen and oxygen atoms in total. The molecule has 0 unspecified atom stereocenters. The van der Waals surface area contributed by atoms with Crippen LogP contribution in [-0.2, 0) is 6.42 Å². The van der Waals surface area contributed by atoms with E-state index in [2.05, 4.69) is 27.7 Å². The number of halogens is 1. The van der Waals surface area contributed by atoms with E-state index in [1.807, 2.05) is 6.07 Å². The zero-order valence-corrected chi connectivity index (χ0v) is 7.62. The average molecular weight is 194 g/mol. The number of nitrogens with one attached hydrogen (secondary N) is 1. The largest absolute Gasteiger partial charge is 0.384 e. The Balaban J connectivity index is 2.58. The Labute approximate surface area is 80.5 Å². The molecule has 13 heavy (non-hydrogen) atoms. The molecule has 0 bridgehead atoms. The number of rotatable bonds is 1. The summed E-state index contributed by atoms with van der Waals surface area (Å²) in [5.41, 5.74) is 1.84. The number of thiocarbonyl (C=S) groups is 1. The van der Waals surface area contributed by atoms with E-state index < -0.39 is 0 Å². The molecule has 1 heterocycles. The second-order valence-corrected chi connectivity index (χ2v) is 2.99. The molecule has 0 atom stereocenters. The Kier molecular flexibility index (Phi) is 2.08. The fourth-order valence-corrected chi connectivity index (χ4v) is 1.57. The summed E-state index contributed by atoms with van der Waals surface area (Å²) in [5, 5.41) is 5.25. The Morgan fingerprint density at radius 2 is 2.38 bits per heavy atom. The highest BCUT2D eigenvalue weighted by Crippen LogP contribution is 2.30. The fraction of sp³-hybridized carbons (Fsp3) is 0.222. The van der Waals surface area contributed by atoms with Crippen molar-refractivity contribution in [1.82, 2.24) is 0 Å². The van der Waals surface area contributed by atoms with Gasteiger partial charge in [0, 0.05) is 17.8 Å². The number of isothiocyanates is 1. The van der Waals surface area contributed by atoms with Crippen molar-refractivity contribution in [2.75, 3.05) is 11.9 Å². The van der Waals surface area contributed by atoms with E-state index in [1.54, 1.807) is 6.07 Å². The van der Waals surface area contributed by atoms with Gasteiger partial charge in [0.25, 0.3) is 0 Å². The number of nitrogens with zero attached hydrogens (tertiary/aromatic N) is 1. The third-order valence-electron chi connectivity index (χ3n) is 2.08. The van der Waals surface area contributed by atoms with Crippen LogP contribution < -0.4 is 5.32 Å². The Bertz CT molecular complexity index is 397. The van der Waals surface area contributed by atoms with Crippen LogP contribution in [0.1, 0.15) is 5.56 Å². The van der Waals surface area contributed by atoms with Crippen molar-refractivity contribution in [3.05, 3.63) is 23.5 Å². The maximum atomic E-state index is 13.5. The van der Waals surface area contributed by atoms with Crippen LogP contribution in [0, 0.1) is 5.82 Å². The summed E-state index contributed by atoms with van der Waals surface area (Å²) in [6, 6.07) is 3.42. The Morgan fingerprint density at radius 1 is 1.54 bits per heavy atom. The predicted octanol–water partition coefficient (Wildman–Crippen LogP) is 2.53. The van der Waals surface area contributed by atoms with E-state index in [0.29, 0.717) is 12.0 Å². The summed E-state index contributed by atoms with van der Waals surface area (Å²) in [4.78, 5) is 3.65. The van der Waals surface area contributed by atoms with E-state index in [-0.39, 0.29) is 11.5 Å². The molecule has 0 saturated carbocycles. The summed E-state index contributed by atoms with van der Waals surface area (Å²) in [6.45, 7) is 0.789. The van der Waals surface area contributed by atoms with Gasteiger partial charge in [0.05, 0.1) is 5.16 Å². The molecule has 0 fully saturated rings. The first-order chi connectivity index (χ1) is 6.33. The van der Waals surface area contributed by atoms with E-state index in [9.17, 15) is 4.39 Å². The topological polar surface area (TPSA) is 24.4 Å². The van der Waals surface area contributed by atoms with E-state index in [0.717, 1.165) is 12.2 Å². The highest BCUT2D eigenvalue weighted by molar-refractivity contribution is 7.78. The minimum absolute atomic E-state index is 0.275. The van der Waals surface area contributed by atoms with Gasteiger partial charge in [-0.1, -0.05) is 0 Å². The molecule has 0 radical (unpaired) electrons. The normalized spacial score (nSPS) is 13.0. The van der Waals surface area contributed by atoms with Crippen LogP contribution in [0.4, 0.5) is 15.8 Å². The monoisotopic (exact) mass is 194 g/mol. The molecule has 66 valence electrons. The number of aliphatic imine (C=N–C) groups is 1. The standard InChI is InChI=1S/C9H7FN2S/c10-9-6-3-4-11-7(6)1-2-8(9)12-5-13/h1-2,11H,3-4H2. The highest BCUT2D eigenvalue weighted by Gasteiger charge is 2.16. The van der Waals surface area contributed by atoms with Crippen LogP contribution in [0.2, 0.25) is 0 Å². The number of fused-ring (bicyclic) bond motifs is 1. The molecule has 1 aliphatic rings. The molecule has 0 aliphatic carbocycles. The third-order valence-corrected chi connectivity index (χ3v) is 2.17. The molecular weight excluding hydrogens is 187 g/mol. The maximum Gasteiger partial charge on any atom is 0.154 e. The van der Waals surface area contributed by atoms with Gasteiger partial charge in [-0.15, -0.1) is 0 Å². The van der Waals surface area contributed by atoms with Gasteiger partial charge in [-0.2, -0.15) is 4.99 Å². The molecule has 1 aliphatic heterocycles. The third kappa shape index (κ3) is 1.34. The number of anilines is 1. The first-order valence-corrected chi connectivity index (χ1v) is 4.37. The van der Waals surface area contributed by atoms with Crippen LogP contribution in [0.15, 0.2) is 17.1 Å². The van der Waals surface area contributed by atoms with Gasteiger partial charge in [-0.3, -0.25) is 0 Å². The van der Waals surface area contributed by atoms with Gasteiger partial charge < -0.3 is 5.32 Å². The second-order valence-electron chi connectivity index (χ2n) is 2.80. The van der Waals surface area contributed by atoms with Crippen molar-refractivity contribution in [3.8, 4) is 0 Å². The Hall–Kier alpha value is -1.25. The van der Waals surface area contributed by atoms with Gasteiger partial charge in [-0.05, 0) is 30.8 Å². The molecule has 1 N–H and O–H groups in total. The van der Waals surface area contributed by atoms with Crippen molar-refractivity contribution in [2.24, 2.45) is 4.99 Å². The SMILES string of the molecule is Fc1c(N=C=S)ccc2c1CCN2. The van der Waals surface area contributed by atoms with Crippen molar-refractivity contribution in [1.29, 1.82) is 0 Å². The minimum atomic E-state index is -0.278. The number of hydrogen-bond acceptors (Lipinski definition) is 3. The zero-order chi connectivity index (χ0) is 9.26. The van der Waals surface area contributed by atoms with E-state index in [1.165, 1.54) is 0 Å². The van der Waals surface area contributed by atoms with Gasteiger partial charge >= 0.3 is 0 Å². The average Bonchev–Trinajstić information content (AvgIpc) is 2.58. The molecule has 0 amide bonds. The lowest BCUT2D eigenvalue weighted by Gasteiger charge is -2.01. The molecular formula is C9H7FN2S. The number of benzene rings is 1. The lowest BCUT2D eigenvalue weighted by atomic mass is 10.1.